The maximum absolute atomic E-state index is 11.8. The molecule has 4 nitrogen and oxygen atoms in total. The summed E-state index contributed by atoms with van der Waals surface area (Å²) in [6.45, 7) is 3.98. The second kappa shape index (κ2) is 5.35. The first-order chi connectivity index (χ1) is 8.61. The molecule has 0 aliphatic carbocycles. The van der Waals surface area contributed by atoms with Crippen molar-refractivity contribution in [3.8, 4) is 5.69 Å². The molecule has 0 saturated heterocycles. The molecule has 0 amide bonds. The fourth-order valence-electron chi connectivity index (χ4n) is 1.63. The summed E-state index contributed by atoms with van der Waals surface area (Å²) in [5, 5.41) is 4.31. The van der Waals surface area contributed by atoms with Crippen LogP contribution in [0.2, 0.25) is 0 Å². The van der Waals surface area contributed by atoms with Crippen LogP contribution in [-0.2, 0) is 4.74 Å². The van der Waals surface area contributed by atoms with E-state index < -0.39 is 0 Å². The molecule has 0 aliphatic heterocycles. The number of rotatable bonds is 3. The Morgan fingerprint density at radius 1 is 1.39 bits per heavy atom. The largest absolute Gasteiger partial charge is 0.461 e. The number of hydrogen-bond acceptors (Lipinski definition) is 3. The first-order valence-electron chi connectivity index (χ1n) is 5.61. The van der Waals surface area contributed by atoms with E-state index >= 15 is 0 Å². The van der Waals surface area contributed by atoms with E-state index in [1.54, 1.807) is 17.7 Å². The third-order valence-electron chi connectivity index (χ3n) is 2.39. The number of carbonyl (C=O) groups is 1. The summed E-state index contributed by atoms with van der Waals surface area (Å²) in [4.78, 5) is 11.8. The Balaban J connectivity index is 2.44. The number of aryl methyl sites for hydroxylation is 1. The Kier molecular flexibility index (Phi) is 3.81. The maximum Gasteiger partial charge on any atom is 0.357 e. The molecular formula is C13H13BrN2O2. The number of halogens is 1. The molecule has 2 aromatic rings. The van der Waals surface area contributed by atoms with E-state index in [2.05, 4.69) is 21.0 Å². The van der Waals surface area contributed by atoms with Crippen molar-refractivity contribution in [2.45, 2.75) is 13.8 Å². The minimum Gasteiger partial charge on any atom is -0.461 e. The van der Waals surface area contributed by atoms with Gasteiger partial charge >= 0.3 is 5.97 Å². The summed E-state index contributed by atoms with van der Waals surface area (Å²) in [5.74, 6) is -0.360. The number of ether oxygens (including phenoxy) is 1. The van der Waals surface area contributed by atoms with Crippen LogP contribution in [0, 0.1) is 6.92 Å². The van der Waals surface area contributed by atoms with Gasteiger partial charge in [-0.15, -0.1) is 0 Å². The highest BCUT2D eigenvalue weighted by molar-refractivity contribution is 9.10. The van der Waals surface area contributed by atoms with Crippen LogP contribution in [0.1, 0.15) is 23.1 Å². The second-order valence-corrected chi connectivity index (χ2v) is 4.70. The van der Waals surface area contributed by atoms with Crippen molar-refractivity contribution in [1.29, 1.82) is 0 Å². The molecule has 0 aliphatic rings. The highest BCUT2D eigenvalue weighted by Crippen LogP contribution is 2.17. The standard InChI is InChI=1S/C13H13BrN2O2/c1-3-18-13(17)12-8-9(2)15-16(12)11-6-4-10(14)5-7-11/h4-8H,3H2,1-2H3. The first-order valence-corrected chi connectivity index (χ1v) is 6.41. The fraction of sp³-hybridized carbons (Fsp3) is 0.231. The summed E-state index contributed by atoms with van der Waals surface area (Å²) in [6, 6.07) is 9.31. The van der Waals surface area contributed by atoms with E-state index in [0.29, 0.717) is 12.3 Å². The predicted molar refractivity (Wildman–Crippen MR) is 72.0 cm³/mol. The molecule has 0 bridgehead atoms. The number of carbonyl (C=O) groups excluding carboxylic acids is 1. The molecule has 0 N–H and O–H groups in total. The minimum absolute atomic E-state index is 0.351. The van der Waals surface area contributed by atoms with Crippen molar-refractivity contribution in [2.24, 2.45) is 0 Å². The van der Waals surface area contributed by atoms with Crippen LogP contribution in [0.5, 0.6) is 0 Å². The smallest absolute Gasteiger partial charge is 0.357 e. The van der Waals surface area contributed by atoms with Gasteiger partial charge in [-0.1, -0.05) is 15.9 Å². The van der Waals surface area contributed by atoms with Crippen LogP contribution in [0.25, 0.3) is 5.69 Å². The molecule has 1 aromatic carbocycles. The van der Waals surface area contributed by atoms with Crippen molar-refractivity contribution in [3.05, 3.63) is 46.2 Å². The van der Waals surface area contributed by atoms with Gasteiger partial charge in [-0.2, -0.15) is 5.10 Å². The zero-order valence-corrected chi connectivity index (χ0v) is 11.8. The van der Waals surface area contributed by atoms with Crippen molar-refractivity contribution in [2.75, 3.05) is 6.61 Å². The molecule has 0 saturated carbocycles. The van der Waals surface area contributed by atoms with Crippen molar-refractivity contribution in [3.63, 3.8) is 0 Å². The fourth-order valence-corrected chi connectivity index (χ4v) is 1.89. The van der Waals surface area contributed by atoms with Crippen molar-refractivity contribution >= 4 is 21.9 Å². The molecule has 1 aromatic heterocycles. The Bertz CT molecular complexity index is 561. The van der Waals surface area contributed by atoms with Crippen LogP contribution in [-0.4, -0.2) is 22.4 Å². The molecule has 0 fully saturated rings. The topological polar surface area (TPSA) is 44.1 Å². The first kappa shape index (κ1) is 12.8. The number of aromatic nitrogens is 2. The average molecular weight is 309 g/mol. The number of nitrogens with zero attached hydrogens (tertiary/aromatic N) is 2. The third-order valence-corrected chi connectivity index (χ3v) is 2.92. The van der Waals surface area contributed by atoms with E-state index in [9.17, 15) is 4.79 Å². The third kappa shape index (κ3) is 2.61. The molecule has 94 valence electrons. The van der Waals surface area contributed by atoms with Crippen LogP contribution in [0.4, 0.5) is 0 Å². The van der Waals surface area contributed by atoms with Gasteiger partial charge in [-0.05, 0) is 44.2 Å². The van der Waals surface area contributed by atoms with Gasteiger partial charge < -0.3 is 4.74 Å². The maximum atomic E-state index is 11.8. The molecule has 18 heavy (non-hydrogen) atoms. The number of hydrogen-bond donors (Lipinski definition) is 0. The van der Waals surface area contributed by atoms with E-state index in [-0.39, 0.29) is 5.97 Å². The summed E-state index contributed by atoms with van der Waals surface area (Å²) in [7, 11) is 0. The highest BCUT2D eigenvalue weighted by atomic mass is 79.9. The van der Waals surface area contributed by atoms with Crippen LogP contribution in [0.3, 0.4) is 0 Å². The van der Waals surface area contributed by atoms with Gasteiger partial charge in [-0.3, -0.25) is 0 Å². The van der Waals surface area contributed by atoms with Gasteiger partial charge in [0, 0.05) is 4.47 Å². The predicted octanol–water partition coefficient (Wildman–Crippen LogP) is 3.12. The highest BCUT2D eigenvalue weighted by Gasteiger charge is 2.16. The molecule has 0 unspecified atom stereocenters. The van der Waals surface area contributed by atoms with E-state index in [1.165, 1.54) is 0 Å². The monoisotopic (exact) mass is 308 g/mol. The normalized spacial score (nSPS) is 10.4. The average Bonchev–Trinajstić information content (AvgIpc) is 2.73. The molecule has 0 atom stereocenters. The van der Waals surface area contributed by atoms with Gasteiger partial charge in [0.2, 0.25) is 0 Å². The van der Waals surface area contributed by atoms with Crippen LogP contribution in [0.15, 0.2) is 34.8 Å². The van der Waals surface area contributed by atoms with Gasteiger partial charge in [0.05, 0.1) is 18.0 Å². The zero-order valence-electron chi connectivity index (χ0n) is 10.2. The lowest BCUT2D eigenvalue weighted by atomic mass is 10.3. The summed E-state index contributed by atoms with van der Waals surface area (Å²) < 4.78 is 7.59. The quantitative estimate of drug-likeness (QED) is 0.818. The van der Waals surface area contributed by atoms with Gasteiger partial charge in [-0.25, -0.2) is 9.48 Å². The van der Waals surface area contributed by atoms with Crippen LogP contribution < -0.4 is 0 Å². The van der Waals surface area contributed by atoms with Crippen molar-refractivity contribution < 1.29 is 9.53 Å². The SMILES string of the molecule is CCOC(=O)c1cc(C)nn1-c1ccc(Br)cc1. The summed E-state index contributed by atoms with van der Waals surface area (Å²) in [6.07, 6.45) is 0. The number of benzene rings is 1. The second-order valence-electron chi connectivity index (χ2n) is 3.78. The van der Waals surface area contributed by atoms with E-state index in [0.717, 1.165) is 15.9 Å². The van der Waals surface area contributed by atoms with Crippen molar-refractivity contribution in [1.82, 2.24) is 9.78 Å². The molecule has 2 rings (SSSR count). The Labute approximate surface area is 114 Å². The van der Waals surface area contributed by atoms with E-state index in [1.807, 2.05) is 31.2 Å². The minimum atomic E-state index is -0.360. The van der Waals surface area contributed by atoms with Crippen LogP contribution >= 0.6 is 15.9 Å². The van der Waals surface area contributed by atoms with E-state index in [4.69, 9.17) is 4.74 Å². The molecule has 1 heterocycles. The number of esters is 1. The molecule has 0 spiro atoms. The molecule has 0 radical (unpaired) electrons. The lowest BCUT2D eigenvalue weighted by Gasteiger charge is -2.06. The van der Waals surface area contributed by atoms with Gasteiger partial charge in [0.25, 0.3) is 0 Å². The van der Waals surface area contributed by atoms with Gasteiger partial charge in [0.1, 0.15) is 0 Å². The Morgan fingerprint density at radius 3 is 2.67 bits per heavy atom. The lowest BCUT2D eigenvalue weighted by molar-refractivity contribution is 0.0515. The molecular weight excluding hydrogens is 296 g/mol. The molecule has 5 heteroatoms. The lowest BCUT2D eigenvalue weighted by Crippen LogP contribution is -2.11. The van der Waals surface area contributed by atoms with Gasteiger partial charge in [0.15, 0.2) is 5.69 Å². The summed E-state index contributed by atoms with van der Waals surface area (Å²) in [5.41, 5.74) is 2.05. The zero-order chi connectivity index (χ0) is 13.1. The Hall–Kier alpha value is -1.62. The Morgan fingerprint density at radius 2 is 2.06 bits per heavy atom. The summed E-state index contributed by atoms with van der Waals surface area (Å²) >= 11 is 3.37.